The lowest BCUT2D eigenvalue weighted by Gasteiger charge is -2.17. The van der Waals surface area contributed by atoms with Crippen LogP contribution in [0.4, 0.5) is 0 Å². The summed E-state index contributed by atoms with van der Waals surface area (Å²) in [6.07, 6.45) is 2.06. The van der Waals surface area contributed by atoms with Crippen LogP contribution in [0.3, 0.4) is 0 Å². The van der Waals surface area contributed by atoms with E-state index in [1.807, 2.05) is 0 Å². The van der Waals surface area contributed by atoms with Crippen molar-refractivity contribution in [3.8, 4) is 5.75 Å². The Kier molecular flexibility index (Phi) is 6.48. The Balaban J connectivity index is 1.80. The van der Waals surface area contributed by atoms with E-state index in [0.717, 1.165) is 18.4 Å². The van der Waals surface area contributed by atoms with Gasteiger partial charge < -0.3 is 15.2 Å². The van der Waals surface area contributed by atoms with Crippen LogP contribution in [0.25, 0.3) is 0 Å². The molecule has 0 saturated heterocycles. The molecule has 1 saturated carbocycles. The third-order valence-corrected chi connectivity index (χ3v) is 6.59. The average molecular weight is 439 g/mol. The number of methoxy groups -OCH3 is 1. The van der Waals surface area contributed by atoms with Crippen LogP contribution in [-0.2, 0) is 16.6 Å². The van der Waals surface area contributed by atoms with Crippen molar-refractivity contribution in [2.75, 3.05) is 13.7 Å². The molecule has 0 bridgehead atoms. The SMILES string of the molecule is COc1ccc(C(=O)NC2(CCO)CC2)cc1S(=O)(=O)NCc1ccc(Cl)cc1. The predicted octanol–water partition coefficient (Wildman–Crippen LogP) is 2.47. The summed E-state index contributed by atoms with van der Waals surface area (Å²) in [5.41, 5.74) is 0.560. The fraction of sp³-hybridized carbons (Fsp3) is 0.350. The second-order valence-electron chi connectivity index (χ2n) is 7.02. The number of hydrogen-bond acceptors (Lipinski definition) is 5. The van der Waals surface area contributed by atoms with Crippen molar-refractivity contribution >= 4 is 27.5 Å². The van der Waals surface area contributed by atoms with Crippen LogP contribution >= 0.6 is 11.6 Å². The Bertz CT molecular complexity index is 988. The van der Waals surface area contributed by atoms with E-state index in [4.69, 9.17) is 21.4 Å². The minimum atomic E-state index is -3.93. The molecule has 1 amide bonds. The van der Waals surface area contributed by atoms with Crippen LogP contribution in [0.2, 0.25) is 5.02 Å². The zero-order chi connectivity index (χ0) is 21.1. The number of amides is 1. The molecule has 2 aromatic carbocycles. The Hall–Kier alpha value is -2.13. The van der Waals surface area contributed by atoms with Crippen molar-refractivity contribution in [1.29, 1.82) is 0 Å². The first-order chi connectivity index (χ1) is 13.8. The van der Waals surface area contributed by atoms with Gasteiger partial charge in [-0.15, -0.1) is 0 Å². The molecule has 0 aromatic heterocycles. The fourth-order valence-corrected chi connectivity index (χ4v) is 4.34. The normalized spacial score (nSPS) is 15.0. The zero-order valence-corrected chi connectivity index (χ0v) is 17.5. The maximum absolute atomic E-state index is 12.8. The number of nitrogens with one attached hydrogen (secondary N) is 2. The number of hydrogen-bond donors (Lipinski definition) is 3. The third-order valence-electron chi connectivity index (χ3n) is 4.92. The summed E-state index contributed by atoms with van der Waals surface area (Å²) >= 11 is 5.85. The van der Waals surface area contributed by atoms with Gasteiger partial charge in [0.2, 0.25) is 10.0 Å². The molecule has 0 spiro atoms. The van der Waals surface area contributed by atoms with E-state index < -0.39 is 15.6 Å². The molecule has 156 valence electrons. The molecule has 0 unspecified atom stereocenters. The summed E-state index contributed by atoms with van der Waals surface area (Å²) in [6.45, 7) is 0.0514. The van der Waals surface area contributed by atoms with Crippen molar-refractivity contribution in [3.63, 3.8) is 0 Å². The summed E-state index contributed by atoms with van der Waals surface area (Å²) in [5.74, 6) is -0.241. The standard InChI is InChI=1S/C20H23ClN2O5S/c1-28-17-7-4-15(19(25)23-20(8-9-20)10-11-24)12-18(17)29(26,27)22-13-14-2-5-16(21)6-3-14/h2-7,12,22,24H,8-11,13H2,1H3,(H,23,25). The van der Waals surface area contributed by atoms with Gasteiger partial charge in [-0.3, -0.25) is 4.79 Å². The van der Waals surface area contributed by atoms with E-state index in [2.05, 4.69) is 10.0 Å². The summed E-state index contributed by atoms with van der Waals surface area (Å²) in [4.78, 5) is 12.5. The second-order valence-corrected chi connectivity index (χ2v) is 9.20. The molecule has 3 N–H and O–H groups in total. The topological polar surface area (TPSA) is 105 Å². The van der Waals surface area contributed by atoms with Crippen LogP contribution < -0.4 is 14.8 Å². The van der Waals surface area contributed by atoms with E-state index in [-0.39, 0.29) is 35.3 Å². The molecule has 0 heterocycles. The summed E-state index contributed by atoms with van der Waals surface area (Å²) in [5, 5.41) is 12.6. The Labute approximate surface area is 175 Å². The van der Waals surface area contributed by atoms with Gasteiger partial charge in [0, 0.05) is 29.3 Å². The lowest BCUT2D eigenvalue weighted by Crippen LogP contribution is -2.37. The molecule has 9 heteroatoms. The largest absolute Gasteiger partial charge is 0.495 e. The first-order valence-electron chi connectivity index (χ1n) is 9.14. The number of sulfonamides is 1. The zero-order valence-electron chi connectivity index (χ0n) is 15.9. The van der Waals surface area contributed by atoms with Gasteiger partial charge in [0.25, 0.3) is 5.91 Å². The van der Waals surface area contributed by atoms with E-state index in [1.54, 1.807) is 24.3 Å². The fourth-order valence-electron chi connectivity index (χ4n) is 3.00. The Morgan fingerprint density at radius 2 is 1.90 bits per heavy atom. The number of ether oxygens (including phenoxy) is 1. The van der Waals surface area contributed by atoms with Crippen molar-refractivity contribution in [3.05, 3.63) is 58.6 Å². The van der Waals surface area contributed by atoms with E-state index in [0.29, 0.717) is 11.4 Å². The summed E-state index contributed by atoms with van der Waals surface area (Å²) in [6, 6.07) is 11.1. The maximum atomic E-state index is 12.8. The first-order valence-corrected chi connectivity index (χ1v) is 11.0. The van der Waals surface area contributed by atoms with Gasteiger partial charge in [-0.1, -0.05) is 23.7 Å². The minimum absolute atomic E-state index is 0.0167. The van der Waals surface area contributed by atoms with E-state index in [1.165, 1.54) is 25.3 Å². The smallest absolute Gasteiger partial charge is 0.251 e. The molecule has 3 rings (SSSR count). The molecule has 0 atom stereocenters. The number of carbonyl (C=O) groups excluding carboxylic acids is 1. The molecule has 29 heavy (non-hydrogen) atoms. The van der Waals surface area contributed by atoms with Gasteiger partial charge in [-0.2, -0.15) is 0 Å². The lowest BCUT2D eigenvalue weighted by atomic mass is 10.1. The molecule has 1 aliphatic carbocycles. The predicted molar refractivity (Wildman–Crippen MR) is 110 cm³/mol. The molecule has 0 radical (unpaired) electrons. The maximum Gasteiger partial charge on any atom is 0.251 e. The molecule has 0 aliphatic heterocycles. The van der Waals surface area contributed by atoms with Crippen LogP contribution in [0.5, 0.6) is 5.75 Å². The van der Waals surface area contributed by atoms with Gasteiger partial charge in [0.15, 0.2) is 0 Å². The Morgan fingerprint density at radius 3 is 2.48 bits per heavy atom. The highest BCUT2D eigenvalue weighted by Crippen LogP contribution is 2.38. The number of aliphatic hydroxyl groups excluding tert-OH is 1. The van der Waals surface area contributed by atoms with E-state index >= 15 is 0 Å². The van der Waals surface area contributed by atoms with Crippen molar-refractivity contribution in [2.45, 2.75) is 36.2 Å². The van der Waals surface area contributed by atoms with Crippen molar-refractivity contribution in [2.24, 2.45) is 0 Å². The molecule has 1 aliphatic rings. The summed E-state index contributed by atoms with van der Waals surface area (Å²) < 4.78 is 33.4. The van der Waals surface area contributed by atoms with Crippen LogP contribution in [0.15, 0.2) is 47.4 Å². The monoisotopic (exact) mass is 438 g/mol. The number of halogens is 1. The second kappa shape index (κ2) is 8.71. The van der Waals surface area contributed by atoms with Gasteiger partial charge in [0.1, 0.15) is 10.6 Å². The highest BCUT2D eigenvalue weighted by molar-refractivity contribution is 7.89. The number of rotatable bonds is 9. The van der Waals surface area contributed by atoms with Crippen LogP contribution in [0, 0.1) is 0 Å². The quantitative estimate of drug-likeness (QED) is 0.557. The summed E-state index contributed by atoms with van der Waals surface area (Å²) in [7, 11) is -2.56. The molecular weight excluding hydrogens is 416 g/mol. The molecule has 2 aromatic rings. The third kappa shape index (κ3) is 5.27. The van der Waals surface area contributed by atoms with Gasteiger partial charge in [-0.05, 0) is 55.2 Å². The van der Waals surface area contributed by atoms with Crippen LogP contribution in [-0.4, -0.2) is 38.7 Å². The number of carbonyl (C=O) groups is 1. The molecule has 7 nitrogen and oxygen atoms in total. The minimum Gasteiger partial charge on any atom is -0.495 e. The van der Waals surface area contributed by atoms with Gasteiger partial charge in [0.05, 0.1) is 7.11 Å². The first kappa shape index (κ1) is 21.6. The van der Waals surface area contributed by atoms with Crippen molar-refractivity contribution < 1.29 is 23.1 Å². The van der Waals surface area contributed by atoms with E-state index in [9.17, 15) is 13.2 Å². The van der Waals surface area contributed by atoms with Gasteiger partial charge >= 0.3 is 0 Å². The Morgan fingerprint density at radius 1 is 1.21 bits per heavy atom. The molecular formula is C20H23ClN2O5S. The highest BCUT2D eigenvalue weighted by Gasteiger charge is 2.43. The van der Waals surface area contributed by atoms with Crippen LogP contribution in [0.1, 0.15) is 35.2 Å². The highest BCUT2D eigenvalue weighted by atomic mass is 35.5. The molecule has 1 fully saturated rings. The lowest BCUT2D eigenvalue weighted by molar-refractivity contribution is 0.0923. The van der Waals surface area contributed by atoms with Gasteiger partial charge in [-0.25, -0.2) is 13.1 Å². The number of aliphatic hydroxyl groups is 1. The number of benzene rings is 2. The van der Waals surface area contributed by atoms with Crippen molar-refractivity contribution in [1.82, 2.24) is 10.0 Å². The average Bonchev–Trinajstić information content (AvgIpc) is 3.46.